The van der Waals surface area contributed by atoms with E-state index in [9.17, 15) is 0 Å². The van der Waals surface area contributed by atoms with Gasteiger partial charge in [0.25, 0.3) is 0 Å². The van der Waals surface area contributed by atoms with Crippen molar-refractivity contribution in [3.05, 3.63) is 29.8 Å². The third-order valence-electron chi connectivity index (χ3n) is 5.09. The van der Waals surface area contributed by atoms with Crippen LogP contribution < -0.4 is 10.2 Å². The molecule has 1 aliphatic carbocycles. The number of nitrogens with one attached hydrogen (secondary N) is 1. The Balaban J connectivity index is 1.80. The van der Waals surface area contributed by atoms with Crippen LogP contribution in [0.25, 0.3) is 0 Å². The summed E-state index contributed by atoms with van der Waals surface area (Å²) in [6, 6.07) is 9.15. The first-order chi connectivity index (χ1) is 9.81. The third-order valence-corrected chi connectivity index (χ3v) is 5.09. The predicted octanol–water partition coefficient (Wildman–Crippen LogP) is 3.75. The molecule has 1 aromatic rings. The van der Waals surface area contributed by atoms with E-state index in [2.05, 4.69) is 41.4 Å². The minimum Gasteiger partial charge on any atom is -0.370 e. The van der Waals surface area contributed by atoms with Crippen LogP contribution >= 0.6 is 0 Å². The smallest absolute Gasteiger partial charge is 0.0369 e. The van der Waals surface area contributed by atoms with Crippen LogP contribution in [0.1, 0.15) is 51.0 Å². The summed E-state index contributed by atoms with van der Waals surface area (Å²) < 4.78 is 0. The number of benzene rings is 1. The molecule has 1 N–H and O–H groups in total. The summed E-state index contributed by atoms with van der Waals surface area (Å²) >= 11 is 0. The van der Waals surface area contributed by atoms with E-state index in [-0.39, 0.29) is 0 Å². The van der Waals surface area contributed by atoms with Crippen LogP contribution in [0.3, 0.4) is 0 Å². The average molecular weight is 272 g/mol. The number of aryl methyl sites for hydroxylation is 1. The fourth-order valence-corrected chi connectivity index (χ4v) is 3.88. The molecule has 1 aromatic carbocycles. The highest BCUT2D eigenvalue weighted by Crippen LogP contribution is 2.32. The Labute approximate surface area is 123 Å². The van der Waals surface area contributed by atoms with Gasteiger partial charge in [-0.2, -0.15) is 0 Å². The monoisotopic (exact) mass is 272 g/mol. The Kier molecular flexibility index (Phi) is 4.30. The summed E-state index contributed by atoms with van der Waals surface area (Å²) in [6.45, 7) is 5.82. The minimum absolute atomic E-state index is 0.386. The van der Waals surface area contributed by atoms with Gasteiger partial charge in [-0.15, -0.1) is 0 Å². The van der Waals surface area contributed by atoms with Crippen LogP contribution in [0, 0.1) is 0 Å². The van der Waals surface area contributed by atoms with Gasteiger partial charge in [0.05, 0.1) is 0 Å². The van der Waals surface area contributed by atoms with Gasteiger partial charge < -0.3 is 10.2 Å². The molecule has 1 aliphatic heterocycles. The topological polar surface area (TPSA) is 15.3 Å². The van der Waals surface area contributed by atoms with Crippen LogP contribution in [0.4, 0.5) is 5.69 Å². The van der Waals surface area contributed by atoms with Crippen molar-refractivity contribution in [3.8, 4) is 0 Å². The molecule has 0 unspecified atom stereocenters. The molecule has 0 radical (unpaired) electrons. The normalized spacial score (nSPS) is 22.8. The van der Waals surface area contributed by atoms with E-state index in [1.807, 2.05) is 0 Å². The second kappa shape index (κ2) is 6.17. The van der Waals surface area contributed by atoms with Crippen LogP contribution in [-0.4, -0.2) is 25.2 Å². The molecule has 0 amide bonds. The Bertz CT molecular complexity index is 435. The largest absolute Gasteiger partial charge is 0.370 e. The van der Waals surface area contributed by atoms with Crippen molar-refractivity contribution < 1.29 is 0 Å². The van der Waals surface area contributed by atoms with Gasteiger partial charge in [0.15, 0.2) is 0 Å². The van der Waals surface area contributed by atoms with Crippen molar-refractivity contribution in [1.29, 1.82) is 0 Å². The highest BCUT2D eigenvalue weighted by atomic mass is 15.2. The summed E-state index contributed by atoms with van der Waals surface area (Å²) in [5, 5.41) is 3.88. The van der Waals surface area contributed by atoms with Gasteiger partial charge in [-0.05, 0) is 49.9 Å². The van der Waals surface area contributed by atoms with Crippen molar-refractivity contribution in [1.82, 2.24) is 5.32 Å². The van der Waals surface area contributed by atoms with E-state index < -0.39 is 0 Å². The summed E-state index contributed by atoms with van der Waals surface area (Å²) in [4.78, 5) is 2.63. The second-order valence-corrected chi connectivity index (χ2v) is 6.57. The molecule has 3 rings (SSSR count). The van der Waals surface area contributed by atoms with E-state index in [0.29, 0.717) is 5.54 Å². The zero-order valence-electron chi connectivity index (χ0n) is 12.8. The molecule has 2 nitrogen and oxygen atoms in total. The number of rotatable bonds is 2. The first-order valence-electron chi connectivity index (χ1n) is 8.40. The fourth-order valence-electron chi connectivity index (χ4n) is 3.88. The lowest BCUT2D eigenvalue weighted by Crippen LogP contribution is -2.52. The number of nitrogens with zero attached hydrogens (tertiary/aromatic N) is 1. The van der Waals surface area contributed by atoms with Crippen molar-refractivity contribution in [2.75, 3.05) is 24.5 Å². The maximum atomic E-state index is 3.88. The van der Waals surface area contributed by atoms with Gasteiger partial charge in [0, 0.05) is 24.3 Å². The summed E-state index contributed by atoms with van der Waals surface area (Å²) in [6.07, 6.45) is 9.33. The third kappa shape index (κ3) is 3.01. The Hall–Kier alpha value is -1.02. The molecule has 1 saturated heterocycles. The number of anilines is 1. The Morgan fingerprint density at radius 2 is 2.00 bits per heavy atom. The second-order valence-electron chi connectivity index (χ2n) is 6.57. The Morgan fingerprint density at radius 1 is 1.15 bits per heavy atom. The summed E-state index contributed by atoms with van der Waals surface area (Å²) in [7, 11) is 0. The Morgan fingerprint density at radius 3 is 2.80 bits per heavy atom. The highest BCUT2D eigenvalue weighted by molar-refractivity contribution is 5.49. The molecule has 1 heterocycles. The molecule has 2 aliphatic rings. The van der Waals surface area contributed by atoms with Gasteiger partial charge in [0.1, 0.15) is 0 Å². The molecule has 0 aromatic heterocycles. The summed E-state index contributed by atoms with van der Waals surface area (Å²) in [5.74, 6) is 0. The first-order valence-corrected chi connectivity index (χ1v) is 8.40. The zero-order valence-corrected chi connectivity index (χ0v) is 12.8. The SMILES string of the molecule is CCc1cccc(N2CCCNC3(CCCCC3)C2)c1. The van der Waals surface area contributed by atoms with Crippen molar-refractivity contribution in [3.63, 3.8) is 0 Å². The molecular weight excluding hydrogens is 244 g/mol. The van der Waals surface area contributed by atoms with Gasteiger partial charge >= 0.3 is 0 Å². The average Bonchev–Trinajstić information content (AvgIpc) is 2.71. The van der Waals surface area contributed by atoms with Crippen molar-refractivity contribution in [2.45, 2.75) is 57.4 Å². The molecule has 1 spiro atoms. The molecule has 0 atom stereocenters. The molecule has 1 saturated carbocycles. The number of hydrogen-bond donors (Lipinski definition) is 1. The van der Waals surface area contributed by atoms with Crippen molar-refractivity contribution in [2.24, 2.45) is 0 Å². The van der Waals surface area contributed by atoms with E-state index in [4.69, 9.17) is 0 Å². The molecular formula is C18H28N2. The van der Waals surface area contributed by atoms with Crippen molar-refractivity contribution >= 4 is 5.69 Å². The van der Waals surface area contributed by atoms with Gasteiger partial charge in [-0.1, -0.05) is 38.3 Å². The molecule has 2 heteroatoms. The molecule has 110 valence electrons. The molecule has 0 bridgehead atoms. The fraction of sp³-hybridized carbons (Fsp3) is 0.667. The van der Waals surface area contributed by atoms with Gasteiger partial charge in [-0.3, -0.25) is 0 Å². The number of hydrogen-bond acceptors (Lipinski definition) is 2. The van der Waals surface area contributed by atoms with Crippen LogP contribution in [-0.2, 0) is 6.42 Å². The standard InChI is InChI=1S/C18H28N2/c1-2-16-8-6-9-17(14-16)20-13-7-12-19-18(15-20)10-4-3-5-11-18/h6,8-9,14,19H,2-5,7,10-13,15H2,1H3. The van der Waals surface area contributed by atoms with E-state index in [1.54, 1.807) is 0 Å². The lowest BCUT2D eigenvalue weighted by Gasteiger charge is -2.40. The van der Waals surface area contributed by atoms with Gasteiger partial charge in [-0.25, -0.2) is 0 Å². The van der Waals surface area contributed by atoms with Crippen LogP contribution in [0.5, 0.6) is 0 Å². The summed E-state index contributed by atoms with van der Waals surface area (Å²) in [5.41, 5.74) is 3.27. The quantitative estimate of drug-likeness (QED) is 0.882. The van der Waals surface area contributed by atoms with Gasteiger partial charge in [0.2, 0.25) is 0 Å². The van der Waals surface area contributed by atoms with E-state index >= 15 is 0 Å². The lowest BCUT2D eigenvalue weighted by atomic mass is 9.81. The maximum absolute atomic E-state index is 3.88. The predicted molar refractivity (Wildman–Crippen MR) is 86.5 cm³/mol. The van der Waals surface area contributed by atoms with E-state index in [1.165, 1.54) is 69.4 Å². The van der Waals surface area contributed by atoms with Crippen LogP contribution in [0.15, 0.2) is 24.3 Å². The maximum Gasteiger partial charge on any atom is 0.0369 e. The molecule has 20 heavy (non-hydrogen) atoms. The minimum atomic E-state index is 0.386. The first kappa shape index (κ1) is 13.9. The van der Waals surface area contributed by atoms with Crippen LogP contribution in [0.2, 0.25) is 0 Å². The lowest BCUT2D eigenvalue weighted by molar-refractivity contribution is 0.246. The van der Waals surface area contributed by atoms with E-state index in [0.717, 1.165) is 6.42 Å². The molecule has 2 fully saturated rings. The highest BCUT2D eigenvalue weighted by Gasteiger charge is 2.34. The zero-order chi connectivity index (χ0) is 13.8.